The number of carbonyl (C=O) groups is 3. The first-order chi connectivity index (χ1) is 12.0. The van der Waals surface area contributed by atoms with Crippen LogP contribution in [0.25, 0.3) is 6.08 Å². The molecule has 132 valence electrons. The molecule has 0 aliphatic carbocycles. The Kier molecular flexibility index (Phi) is 5.16. The average Bonchev–Trinajstić information content (AvgIpc) is 3.16. The normalized spacial score (nSPS) is 19.8. The van der Waals surface area contributed by atoms with E-state index in [1.54, 1.807) is 4.90 Å². The topological polar surface area (TPSA) is 110 Å². The molecule has 0 spiro atoms. The number of imide groups is 1. The van der Waals surface area contributed by atoms with Crippen LogP contribution in [0.4, 0.5) is 9.80 Å². The van der Waals surface area contributed by atoms with Crippen LogP contribution in [-0.4, -0.2) is 64.6 Å². The fourth-order valence-corrected chi connectivity index (χ4v) is 4.00. The van der Waals surface area contributed by atoms with Gasteiger partial charge in [0.1, 0.15) is 6.54 Å². The zero-order valence-corrected chi connectivity index (χ0v) is 14.5. The second kappa shape index (κ2) is 7.33. The van der Waals surface area contributed by atoms with Gasteiger partial charge in [-0.15, -0.1) is 0 Å². The zero-order valence-electron chi connectivity index (χ0n) is 12.9. The summed E-state index contributed by atoms with van der Waals surface area (Å²) in [5, 5.41) is 10.1. The number of thioether (sulfide) groups is 1. The molecule has 0 saturated carbocycles. The first-order valence-corrected chi connectivity index (χ1v) is 8.94. The molecule has 3 rings (SSSR count). The van der Waals surface area contributed by atoms with E-state index in [1.165, 1.54) is 18.2 Å². The van der Waals surface area contributed by atoms with Gasteiger partial charge in [0.25, 0.3) is 11.1 Å². The summed E-state index contributed by atoms with van der Waals surface area (Å²) in [6, 6.07) is 2.85. The van der Waals surface area contributed by atoms with Crippen molar-refractivity contribution in [1.82, 2.24) is 9.80 Å². The van der Waals surface area contributed by atoms with Gasteiger partial charge in [0.05, 0.1) is 23.0 Å². The molecule has 25 heavy (non-hydrogen) atoms. The molecule has 1 aromatic rings. The third-order valence-corrected chi connectivity index (χ3v) is 5.49. The van der Waals surface area contributed by atoms with E-state index in [0.717, 1.165) is 28.0 Å². The molecule has 9 nitrogen and oxygen atoms in total. The molecule has 11 heteroatoms. The summed E-state index contributed by atoms with van der Waals surface area (Å²) in [5.74, 6) is -0.869. The largest absolute Gasteiger partial charge is 0.378 e. The van der Waals surface area contributed by atoms with E-state index in [-0.39, 0.29) is 22.4 Å². The van der Waals surface area contributed by atoms with E-state index >= 15 is 0 Å². The molecule has 2 saturated heterocycles. The van der Waals surface area contributed by atoms with Crippen molar-refractivity contribution in [3.63, 3.8) is 0 Å². The van der Waals surface area contributed by atoms with Crippen molar-refractivity contribution in [2.24, 2.45) is 0 Å². The quantitative estimate of drug-likeness (QED) is 0.441. The van der Waals surface area contributed by atoms with Crippen molar-refractivity contribution in [3.8, 4) is 0 Å². The second-order valence-electron chi connectivity index (χ2n) is 5.19. The Labute approximate surface area is 150 Å². The molecule has 3 amide bonds. The Morgan fingerprint density at radius 3 is 2.68 bits per heavy atom. The molecule has 0 aromatic carbocycles. The molecule has 2 fully saturated rings. The third kappa shape index (κ3) is 3.89. The van der Waals surface area contributed by atoms with Gasteiger partial charge < -0.3 is 9.64 Å². The Morgan fingerprint density at radius 1 is 1.32 bits per heavy atom. The Balaban J connectivity index is 1.69. The maximum atomic E-state index is 12.4. The lowest BCUT2D eigenvalue weighted by Crippen LogP contribution is -2.46. The van der Waals surface area contributed by atoms with Crippen LogP contribution in [0.5, 0.6) is 0 Å². The lowest BCUT2D eigenvalue weighted by atomic mass is 10.3. The number of ether oxygens (including phenoxy) is 1. The Hall–Kier alpha value is -2.24. The summed E-state index contributed by atoms with van der Waals surface area (Å²) in [6.45, 7) is 1.43. The molecule has 0 unspecified atom stereocenters. The molecule has 0 bridgehead atoms. The highest BCUT2D eigenvalue weighted by atomic mass is 32.2. The summed E-state index contributed by atoms with van der Waals surface area (Å²) in [7, 11) is 0. The molecule has 3 heterocycles. The van der Waals surface area contributed by atoms with Crippen molar-refractivity contribution in [2.75, 3.05) is 32.8 Å². The number of hydrogen-bond donors (Lipinski definition) is 0. The minimum atomic E-state index is -0.562. The van der Waals surface area contributed by atoms with Crippen molar-refractivity contribution >= 4 is 51.2 Å². The Bertz CT molecular complexity index is 768. The van der Waals surface area contributed by atoms with Gasteiger partial charge in [0, 0.05) is 24.0 Å². The number of amides is 3. The maximum absolute atomic E-state index is 12.4. The molecule has 2 aliphatic rings. The molecule has 1 aromatic heterocycles. The number of thiophene rings is 1. The minimum Gasteiger partial charge on any atom is -0.378 e. The van der Waals surface area contributed by atoms with Gasteiger partial charge >= 0.3 is 5.00 Å². The van der Waals surface area contributed by atoms with Gasteiger partial charge in [-0.05, 0) is 23.9 Å². The number of hydrogen-bond acceptors (Lipinski definition) is 8. The summed E-state index contributed by atoms with van der Waals surface area (Å²) in [6.07, 6.45) is 1.43. The number of nitrogens with zero attached hydrogens (tertiary/aromatic N) is 3. The van der Waals surface area contributed by atoms with Crippen LogP contribution >= 0.6 is 23.1 Å². The molecular weight excluding hydrogens is 370 g/mol. The van der Waals surface area contributed by atoms with Crippen LogP contribution in [0.2, 0.25) is 0 Å². The van der Waals surface area contributed by atoms with E-state index in [4.69, 9.17) is 4.74 Å². The third-order valence-electron chi connectivity index (χ3n) is 3.60. The molecule has 0 N–H and O–H groups in total. The van der Waals surface area contributed by atoms with Crippen LogP contribution < -0.4 is 0 Å². The first-order valence-electron chi connectivity index (χ1n) is 7.31. The maximum Gasteiger partial charge on any atom is 0.324 e. The van der Waals surface area contributed by atoms with Crippen LogP contribution in [-0.2, 0) is 14.3 Å². The number of nitro groups is 1. The van der Waals surface area contributed by atoms with Crippen molar-refractivity contribution < 1.29 is 24.0 Å². The summed E-state index contributed by atoms with van der Waals surface area (Å²) < 4.78 is 5.16. The van der Waals surface area contributed by atoms with Gasteiger partial charge in [0.2, 0.25) is 5.91 Å². The second-order valence-corrected chi connectivity index (χ2v) is 7.28. The standard InChI is InChI=1S/C14H13N3O6S2/c18-11(15-3-5-23-6-4-15)8-16-13(19)10(25-14(16)20)7-9-1-2-12(24-9)17(21)22/h1-2,7H,3-6,8H2/b10-7-. The SMILES string of the molecule is O=C(CN1C(=O)S/C(=C\c2ccc([N+](=O)[O-])s2)C1=O)N1CCOCC1. The van der Waals surface area contributed by atoms with E-state index in [1.807, 2.05) is 0 Å². The molecule has 2 aliphatic heterocycles. The van der Waals surface area contributed by atoms with Gasteiger partial charge in [0.15, 0.2) is 0 Å². The Morgan fingerprint density at radius 2 is 2.04 bits per heavy atom. The highest BCUT2D eigenvalue weighted by Crippen LogP contribution is 2.34. The number of morpholine rings is 1. The smallest absolute Gasteiger partial charge is 0.324 e. The van der Waals surface area contributed by atoms with Crippen LogP contribution in [0, 0.1) is 10.1 Å². The van der Waals surface area contributed by atoms with E-state index in [2.05, 4.69) is 0 Å². The summed E-state index contributed by atoms with van der Waals surface area (Å²) >= 11 is 1.63. The van der Waals surface area contributed by atoms with Crippen LogP contribution in [0.1, 0.15) is 4.88 Å². The van der Waals surface area contributed by atoms with Gasteiger partial charge in [-0.2, -0.15) is 0 Å². The molecular formula is C14H13N3O6S2. The molecule has 0 atom stereocenters. The number of carbonyl (C=O) groups excluding carboxylic acids is 3. The lowest BCUT2D eigenvalue weighted by Gasteiger charge is -2.27. The number of rotatable bonds is 4. The van der Waals surface area contributed by atoms with Crippen molar-refractivity contribution in [1.29, 1.82) is 0 Å². The molecule has 0 radical (unpaired) electrons. The van der Waals surface area contributed by atoms with E-state index in [0.29, 0.717) is 31.2 Å². The predicted octanol–water partition coefficient (Wildman–Crippen LogP) is 1.55. The lowest BCUT2D eigenvalue weighted by molar-refractivity contribution is -0.380. The van der Waals surface area contributed by atoms with Crippen molar-refractivity contribution in [2.45, 2.75) is 0 Å². The van der Waals surface area contributed by atoms with Crippen molar-refractivity contribution in [3.05, 3.63) is 32.0 Å². The monoisotopic (exact) mass is 383 g/mol. The average molecular weight is 383 g/mol. The first kappa shape index (κ1) is 17.6. The fraction of sp³-hybridized carbons (Fsp3) is 0.357. The highest BCUT2D eigenvalue weighted by Gasteiger charge is 2.37. The summed E-state index contributed by atoms with van der Waals surface area (Å²) in [5.41, 5.74) is 0. The zero-order chi connectivity index (χ0) is 18.0. The predicted molar refractivity (Wildman–Crippen MR) is 91.0 cm³/mol. The minimum absolute atomic E-state index is 0.0482. The summed E-state index contributed by atoms with van der Waals surface area (Å²) in [4.78, 5) is 49.9. The van der Waals surface area contributed by atoms with Gasteiger partial charge in [-0.3, -0.25) is 29.4 Å². The van der Waals surface area contributed by atoms with E-state index in [9.17, 15) is 24.5 Å². The fourth-order valence-electron chi connectivity index (χ4n) is 2.33. The van der Waals surface area contributed by atoms with Gasteiger partial charge in [-0.1, -0.05) is 11.3 Å². The van der Waals surface area contributed by atoms with Crippen LogP contribution in [0.3, 0.4) is 0 Å². The van der Waals surface area contributed by atoms with Gasteiger partial charge in [-0.25, -0.2) is 0 Å². The van der Waals surface area contributed by atoms with E-state index < -0.39 is 16.1 Å². The van der Waals surface area contributed by atoms with Crippen LogP contribution in [0.15, 0.2) is 17.0 Å². The highest BCUT2D eigenvalue weighted by molar-refractivity contribution is 8.18.